The van der Waals surface area contributed by atoms with Crippen molar-refractivity contribution in [1.29, 1.82) is 0 Å². The van der Waals surface area contributed by atoms with Crippen LogP contribution < -0.4 is 10.6 Å². The Kier molecular flexibility index (Phi) is 5.07. The van der Waals surface area contributed by atoms with Gasteiger partial charge in [0, 0.05) is 31.9 Å². The molecule has 138 valence electrons. The lowest BCUT2D eigenvalue weighted by Gasteiger charge is -2.45. The summed E-state index contributed by atoms with van der Waals surface area (Å²) in [6.07, 6.45) is 3.32. The Morgan fingerprint density at radius 1 is 1.24 bits per heavy atom. The van der Waals surface area contributed by atoms with Crippen LogP contribution >= 0.6 is 0 Å². The van der Waals surface area contributed by atoms with E-state index in [4.69, 9.17) is 5.73 Å². The number of hydrogen-bond donors (Lipinski definition) is 2. The minimum Gasteiger partial charge on any atom is -0.388 e. The standard InChI is InChI=1S/C20H31N3O2/c1-16-5-3-6-17(13-16)23-11-8-20(25,9-12-23)15-22-10-4-7-19(2,14-22)18(21)24/h3,5-6,13,25H,4,7-12,14-15H2,1-2H3,(H2,21,24)/t19-/m1/s1. The molecule has 0 radical (unpaired) electrons. The zero-order chi connectivity index (χ0) is 18.1. The average Bonchev–Trinajstić information content (AvgIpc) is 2.55. The van der Waals surface area contributed by atoms with E-state index >= 15 is 0 Å². The molecule has 3 rings (SSSR count). The van der Waals surface area contributed by atoms with Crippen molar-refractivity contribution in [1.82, 2.24) is 4.90 Å². The SMILES string of the molecule is Cc1cccc(N2CCC(O)(CN3CCC[C@@](C)(C(N)=O)C3)CC2)c1. The number of aliphatic hydroxyl groups is 1. The van der Waals surface area contributed by atoms with Crippen molar-refractivity contribution >= 4 is 11.6 Å². The van der Waals surface area contributed by atoms with E-state index in [1.165, 1.54) is 11.3 Å². The lowest BCUT2D eigenvalue weighted by molar-refractivity contribution is -0.131. The molecule has 0 spiro atoms. The molecule has 0 aromatic heterocycles. The van der Waals surface area contributed by atoms with Gasteiger partial charge in [-0.15, -0.1) is 0 Å². The number of carbonyl (C=O) groups is 1. The van der Waals surface area contributed by atoms with Gasteiger partial charge in [0.15, 0.2) is 0 Å². The van der Waals surface area contributed by atoms with Gasteiger partial charge in [0.2, 0.25) is 5.91 Å². The maximum Gasteiger partial charge on any atom is 0.224 e. The summed E-state index contributed by atoms with van der Waals surface area (Å²) in [4.78, 5) is 16.3. The summed E-state index contributed by atoms with van der Waals surface area (Å²) in [6, 6.07) is 8.54. The highest BCUT2D eigenvalue weighted by Crippen LogP contribution is 2.32. The van der Waals surface area contributed by atoms with Gasteiger partial charge in [-0.3, -0.25) is 9.69 Å². The van der Waals surface area contributed by atoms with E-state index in [1.54, 1.807) is 0 Å². The third-order valence-electron chi connectivity index (χ3n) is 5.95. The second kappa shape index (κ2) is 6.96. The fourth-order valence-electron chi connectivity index (χ4n) is 4.26. The van der Waals surface area contributed by atoms with Gasteiger partial charge in [-0.05, 0) is 63.8 Å². The summed E-state index contributed by atoms with van der Waals surface area (Å²) in [5, 5.41) is 11.1. The number of carbonyl (C=O) groups excluding carboxylic acids is 1. The topological polar surface area (TPSA) is 69.8 Å². The molecule has 1 amide bonds. The van der Waals surface area contributed by atoms with Crippen LogP contribution in [0.5, 0.6) is 0 Å². The first-order valence-corrected chi connectivity index (χ1v) is 9.36. The molecule has 5 nitrogen and oxygen atoms in total. The van der Waals surface area contributed by atoms with Gasteiger partial charge in [-0.25, -0.2) is 0 Å². The molecule has 0 aliphatic carbocycles. The molecule has 0 unspecified atom stereocenters. The van der Waals surface area contributed by atoms with Gasteiger partial charge >= 0.3 is 0 Å². The average molecular weight is 345 g/mol. The maximum atomic E-state index is 11.7. The summed E-state index contributed by atoms with van der Waals surface area (Å²) in [5.74, 6) is -0.224. The van der Waals surface area contributed by atoms with Crippen molar-refractivity contribution in [2.45, 2.75) is 45.1 Å². The largest absolute Gasteiger partial charge is 0.388 e. The molecule has 2 heterocycles. The molecule has 2 fully saturated rings. The first kappa shape index (κ1) is 18.2. The predicted octanol–water partition coefficient (Wildman–Crippen LogP) is 1.91. The number of nitrogens with two attached hydrogens (primary N) is 1. The minimum absolute atomic E-state index is 0.224. The van der Waals surface area contributed by atoms with E-state index in [0.29, 0.717) is 13.1 Å². The van der Waals surface area contributed by atoms with Gasteiger partial charge in [0.1, 0.15) is 0 Å². The molecule has 1 atom stereocenters. The Morgan fingerprint density at radius 2 is 1.96 bits per heavy atom. The van der Waals surface area contributed by atoms with Crippen LogP contribution in [0.3, 0.4) is 0 Å². The van der Waals surface area contributed by atoms with Crippen LogP contribution in [0.1, 0.15) is 38.2 Å². The van der Waals surface area contributed by atoms with E-state index in [-0.39, 0.29) is 5.91 Å². The van der Waals surface area contributed by atoms with Gasteiger partial charge in [0.05, 0.1) is 11.0 Å². The van der Waals surface area contributed by atoms with Crippen LogP contribution in [0.25, 0.3) is 0 Å². The molecule has 2 saturated heterocycles. The first-order chi connectivity index (χ1) is 11.8. The van der Waals surface area contributed by atoms with Crippen LogP contribution in [0, 0.1) is 12.3 Å². The number of rotatable bonds is 4. The Morgan fingerprint density at radius 3 is 2.60 bits per heavy atom. The van der Waals surface area contributed by atoms with E-state index in [0.717, 1.165) is 45.3 Å². The number of β-amino-alcohol motifs (C(OH)–C–C–N with tert-alkyl or cyclic N) is 1. The molecule has 5 heteroatoms. The number of nitrogens with zero attached hydrogens (tertiary/aromatic N) is 2. The number of benzene rings is 1. The lowest BCUT2D eigenvalue weighted by Crippen LogP contribution is -2.55. The zero-order valence-electron chi connectivity index (χ0n) is 15.5. The Hall–Kier alpha value is -1.59. The summed E-state index contributed by atoms with van der Waals surface area (Å²) in [5.41, 5.74) is 6.96. The number of piperidine rings is 2. The fraction of sp³-hybridized carbons (Fsp3) is 0.650. The third kappa shape index (κ3) is 4.15. The molecule has 0 saturated carbocycles. The normalized spacial score (nSPS) is 27.2. The van der Waals surface area contributed by atoms with Gasteiger partial charge in [0.25, 0.3) is 0 Å². The smallest absolute Gasteiger partial charge is 0.224 e. The van der Waals surface area contributed by atoms with Crippen LogP contribution in [-0.4, -0.2) is 54.2 Å². The molecule has 3 N–H and O–H groups in total. The van der Waals surface area contributed by atoms with Gasteiger partial charge in [-0.2, -0.15) is 0 Å². The number of hydrogen-bond acceptors (Lipinski definition) is 4. The van der Waals surface area contributed by atoms with Crippen LogP contribution in [0.4, 0.5) is 5.69 Å². The third-order valence-corrected chi connectivity index (χ3v) is 5.95. The van der Waals surface area contributed by atoms with E-state index in [2.05, 4.69) is 41.0 Å². The summed E-state index contributed by atoms with van der Waals surface area (Å²) < 4.78 is 0. The monoisotopic (exact) mass is 345 g/mol. The number of amides is 1. The predicted molar refractivity (Wildman–Crippen MR) is 101 cm³/mol. The van der Waals surface area contributed by atoms with E-state index in [9.17, 15) is 9.90 Å². The molecule has 1 aromatic rings. The van der Waals surface area contributed by atoms with E-state index in [1.807, 2.05) is 6.92 Å². The second-order valence-electron chi connectivity index (χ2n) is 8.29. The molecular formula is C20H31N3O2. The van der Waals surface area contributed by atoms with Gasteiger partial charge in [-0.1, -0.05) is 12.1 Å². The highest BCUT2D eigenvalue weighted by atomic mass is 16.3. The molecule has 2 aliphatic heterocycles. The minimum atomic E-state index is -0.670. The Labute approximate surface area is 150 Å². The first-order valence-electron chi connectivity index (χ1n) is 9.36. The maximum absolute atomic E-state index is 11.7. The van der Waals surface area contributed by atoms with Crippen molar-refractivity contribution in [2.24, 2.45) is 11.1 Å². The Balaban J connectivity index is 1.58. The van der Waals surface area contributed by atoms with Crippen LogP contribution in [0.15, 0.2) is 24.3 Å². The highest BCUT2D eigenvalue weighted by molar-refractivity contribution is 5.80. The summed E-state index contributed by atoms with van der Waals surface area (Å²) in [6.45, 7) is 8.01. The summed E-state index contributed by atoms with van der Waals surface area (Å²) in [7, 11) is 0. The molecule has 25 heavy (non-hydrogen) atoms. The molecule has 0 bridgehead atoms. The molecular weight excluding hydrogens is 314 g/mol. The number of aryl methyl sites for hydroxylation is 1. The van der Waals surface area contributed by atoms with Crippen molar-refractivity contribution in [3.05, 3.63) is 29.8 Å². The van der Waals surface area contributed by atoms with E-state index < -0.39 is 11.0 Å². The van der Waals surface area contributed by atoms with Crippen molar-refractivity contribution < 1.29 is 9.90 Å². The van der Waals surface area contributed by atoms with Gasteiger partial charge < -0.3 is 15.7 Å². The summed E-state index contributed by atoms with van der Waals surface area (Å²) >= 11 is 0. The quantitative estimate of drug-likeness (QED) is 0.875. The second-order valence-corrected chi connectivity index (χ2v) is 8.29. The van der Waals surface area contributed by atoms with Crippen molar-refractivity contribution in [2.75, 3.05) is 37.6 Å². The molecule has 2 aliphatic rings. The highest BCUT2D eigenvalue weighted by Gasteiger charge is 2.40. The van der Waals surface area contributed by atoms with Crippen molar-refractivity contribution in [3.8, 4) is 0 Å². The fourth-order valence-corrected chi connectivity index (χ4v) is 4.26. The lowest BCUT2D eigenvalue weighted by atomic mass is 9.80. The number of likely N-dealkylation sites (tertiary alicyclic amines) is 1. The van der Waals surface area contributed by atoms with Crippen LogP contribution in [-0.2, 0) is 4.79 Å². The molecule has 1 aromatic carbocycles. The van der Waals surface area contributed by atoms with Crippen LogP contribution in [0.2, 0.25) is 0 Å². The van der Waals surface area contributed by atoms with Crippen molar-refractivity contribution in [3.63, 3.8) is 0 Å². The number of anilines is 1. The Bertz CT molecular complexity index is 625. The zero-order valence-corrected chi connectivity index (χ0v) is 15.5. The number of primary amides is 1.